The molecule has 536 valence electrons. The van der Waals surface area contributed by atoms with Crippen LogP contribution in [-0.4, -0.2) is 46.4 Å². The number of hydrogen-bond acceptors (Lipinski definition) is 0. The van der Waals surface area contributed by atoms with Gasteiger partial charge in [-0.25, -0.2) is 0 Å². The first-order valence-electron chi connectivity index (χ1n) is 32.6. The summed E-state index contributed by atoms with van der Waals surface area (Å²) in [4.78, 5) is 0. The molecule has 0 heterocycles. The summed E-state index contributed by atoms with van der Waals surface area (Å²) in [5.74, 6) is 29.4. The van der Waals surface area contributed by atoms with Crippen LogP contribution in [0, 0.1) is 148 Å². The number of benzene rings is 8. The van der Waals surface area contributed by atoms with Crippen molar-refractivity contribution in [2.45, 2.75) is 138 Å². The Balaban J connectivity index is -0.000000572. The molecule has 8 aromatic rings. The van der Waals surface area contributed by atoms with Gasteiger partial charge in [-0.1, -0.05) is 381 Å². The molecule has 8 heteroatoms. The van der Waals surface area contributed by atoms with Crippen molar-refractivity contribution >= 4 is 90.1 Å². The fraction of sp³-hybridized carbons (Fsp3) is 0.217. The fourth-order valence-corrected chi connectivity index (χ4v) is 13.9. The average molecular weight is 1810 g/mol. The molecule has 0 unspecified atom stereocenters. The quantitative estimate of drug-likeness (QED) is 0.105. The molecule has 0 nitrogen and oxygen atoms in total. The largest absolute Gasteiger partial charge is 2.00 e. The van der Waals surface area contributed by atoms with Crippen molar-refractivity contribution in [2.24, 2.45) is 0 Å². The predicted molar refractivity (Wildman–Crippen MR) is 436 cm³/mol. The third kappa shape index (κ3) is 23.7. The summed E-state index contributed by atoms with van der Waals surface area (Å²) < 4.78 is 0. The van der Waals surface area contributed by atoms with Crippen LogP contribution in [0.15, 0.2) is 243 Å². The topological polar surface area (TPSA) is 0 Å². The molecular formula is C92H112B2Rh4Se2-2. The van der Waals surface area contributed by atoms with Crippen molar-refractivity contribution in [3.63, 3.8) is 0 Å². The zero-order valence-corrected chi connectivity index (χ0v) is 74.4. The maximum atomic E-state index is 2.26. The van der Waals surface area contributed by atoms with Crippen molar-refractivity contribution in [1.29, 1.82) is 0 Å². The SMILES string of the molecule is C[C]1[C](C)[C](C)[C](C)[C]1C.C[C]1[C](C)[C](C)[C](C)[C]1C.C[C]1[C](C)[C](C)[C](C)[C]1C.C[C]1[C](C)[C](C)[C](C)[C]1C.[CH3-].[CH3-].[CH3-].[CH3-].[Rh+2].[Rh+2].[Rh].[Rh].[Se].[Se].c1ccc([B-](c2ccccc2)(c2ccccc2)c2ccccc2)cc1.c1ccc([B-](c2ccccc2)(c2ccccc2)c2ccccc2)cc1. The predicted octanol–water partition coefficient (Wildman–Crippen LogP) is 19.0. The molecule has 0 atom stereocenters. The minimum absolute atomic E-state index is 0. The molecule has 0 spiro atoms. The summed E-state index contributed by atoms with van der Waals surface area (Å²) in [7, 11) is 0. The van der Waals surface area contributed by atoms with Crippen LogP contribution in [-0.2, 0) is 77.9 Å². The van der Waals surface area contributed by atoms with Crippen molar-refractivity contribution in [3.8, 4) is 0 Å². The van der Waals surface area contributed by atoms with Crippen molar-refractivity contribution < 1.29 is 77.9 Å². The molecule has 4 aliphatic rings. The molecule has 12 rings (SSSR count). The summed E-state index contributed by atoms with van der Waals surface area (Å²) in [5.41, 5.74) is 10.7. The van der Waals surface area contributed by atoms with Gasteiger partial charge in [-0.2, -0.15) is 43.7 Å². The molecule has 0 N–H and O–H groups in total. The van der Waals surface area contributed by atoms with Gasteiger partial charge in [0.2, 0.25) is 0 Å². The Kier molecular flexibility index (Phi) is 51.2. The van der Waals surface area contributed by atoms with Crippen LogP contribution in [0.3, 0.4) is 0 Å². The minimum atomic E-state index is -1.22. The third-order valence-electron chi connectivity index (χ3n) is 21.6. The molecule has 100 heavy (non-hydrogen) atoms. The summed E-state index contributed by atoms with van der Waals surface area (Å²) in [5, 5.41) is 0. The maximum Gasteiger partial charge on any atom is 2.00 e. The van der Waals surface area contributed by atoms with E-state index in [4.69, 9.17) is 0 Å². The van der Waals surface area contributed by atoms with Crippen LogP contribution >= 0.6 is 0 Å². The van der Waals surface area contributed by atoms with E-state index in [0.717, 1.165) is 0 Å². The Hall–Kier alpha value is -2.58. The van der Waals surface area contributed by atoms with E-state index in [0.29, 0.717) is 0 Å². The molecular weight excluding hydrogens is 1700 g/mol. The molecule has 0 amide bonds. The van der Waals surface area contributed by atoms with Gasteiger partial charge in [-0.05, 0) is 118 Å². The maximum absolute atomic E-state index is 2.26. The average Bonchev–Trinajstić information content (AvgIpc) is 1.16. The second-order valence-electron chi connectivity index (χ2n) is 25.5. The first-order valence-corrected chi connectivity index (χ1v) is 32.6. The van der Waals surface area contributed by atoms with Gasteiger partial charge in [0.25, 0.3) is 0 Å². The second-order valence-corrected chi connectivity index (χ2v) is 25.5. The first kappa shape index (κ1) is 104. The zero-order valence-electron chi connectivity index (χ0n) is 64.4. The summed E-state index contributed by atoms with van der Waals surface area (Å²) >= 11 is 0. The van der Waals surface area contributed by atoms with E-state index >= 15 is 0 Å². The van der Waals surface area contributed by atoms with Gasteiger partial charge in [0, 0.05) is 73.1 Å². The molecule has 4 fully saturated rings. The Morgan fingerprint density at radius 1 is 0.140 bits per heavy atom. The molecule has 4 saturated carbocycles. The van der Waals surface area contributed by atoms with E-state index in [-0.39, 0.29) is 142 Å². The van der Waals surface area contributed by atoms with Gasteiger partial charge in [-0.3, -0.25) is 0 Å². The number of hydrogen-bond donors (Lipinski definition) is 0. The van der Waals surface area contributed by atoms with Crippen molar-refractivity contribution in [1.82, 2.24) is 0 Å². The van der Waals surface area contributed by atoms with Crippen molar-refractivity contribution in [2.75, 3.05) is 0 Å². The number of rotatable bonds is 8. The molecule has 8 aromatic carbocycles. The van der Waals surface area contributed by atoms with E-state index in [9.17, 15) is 0 Å². The molecule has 0 saturated heterocycles. The van der Waals surface area contributed by atoms with Gasteiger partial charge < -0.3 is 29.7 Å². The van der Waals surface area contributed by atoms with E-state index in [2.05, 4.69) is 381 Å². The van der Waals surface area contributed by atoms with Crippen LogP contribution in [0.2, 0.25) is 0 Å². The molecule has 4 aliphatic carbocycles. The third-order valence-corrected chi connectivity index (χ3v) is 21.6. The Morgan fingerprint density at radius 3 is 0.260 bits per heavy atom. The van der Waals surface area contributed by atoms with Crippen LogP contribution in [0.1, 0.15) is 138 Å². The van der Waals surface area contributed by atoms with Crippen LogP contribution in [0.25, 0.3) is 0 Å². The molecule has 0 aliphatic heterocycles. The van der Waals surface area contributed by atoms with Gasteiger partial charge in [-0.15, -0.1) is 0 Å². The zero-order chi connectivity index (χ0) is 65.5. The Morgan fingerprint density at radius 2 is 0.200 bits per heavy atom. The Bertz CT molecular complexity index is 2490. The van der Waals surface area contributed by atoms with Gasteiger partial charge in [0.15, 0.2) is 0 Å². The van der Waals surface area contributed by atoms with Gasteiger partial charge in [0.1, 0.15) is 12.3 Å². The van der Waals surface area contributed by atoms with Crippen molar-refractivity contribution in [3.05, 3.63) is 391 Å². The Labute approximate surface area is 690 Å². The first-order chi connectivity index (χ1) is 43.1. The fourth-order valence-electron chi connectivity index (χ4n) is 13.9. The van der Waals surface area contributed by atoms with Crippen LogP contribution in [0.5, 0.6) is 0 Å². The van der Waals surface area contributed by atoms with Crippen LogP contribution < -0.4 is 43.7 Å². The summed E-state index contributed by atoms with van der Waals surface area (Å²) in [6, 6.07) is 87.1. The minimum Gasteiger partial charge on any atom is -0.358 e. The van der Waals surface area contributed by atoms with Gasteiger partial charge >= 0.3 is 39.0 Å². The van der Waals surface area contributed by atoms with Crippen LogP contribution in [0.4, 0.5) is 0 Å². The second kappa shape index (κ2) is 49.3. The monoisotopic (exact) mass is 1810 g/mol. The normalized spacial score (nSPS) is 17.0. The van der Waals surface area contributed by atoms with E-state index in [1.165, 1.54) is 162 Å². The molecule has 28 radical (unpaired) electrons. The molecule has 0 aromatic heterocycles. The molecule has 0 bridgehead atoms. The van der Waals surface area contributed by atoms with Gasteiger partial charge in [0.05, 0.1) is 0 Å². The standard InChI is InChI=1S/2C24H20B.4C10H15.4CH3.4Rh.2Se/c2*1-5-13-21(14-6-1)25(22-15-7-2-8-16-22,23-17-9-3-10-18-23)24-19-11-4-12-20-24;4*1-6-7(2)9(4)10(5)8(6)3;;;;;;;;;;/h2*1-20H;4*1-5H3;4*1H3;;;;;;/q2*-1;;;;;4*-1;;;2*+2;;. The summed E-state index contributed by atoms with van der Waals surface area (Å²) in [6.45, 7) is 44.0. The van der Waals surface area contributed by atoms with E-state index < -0.39 is 12.3 Å². The smallest absolute Gasteiger partial charge is 0.358 e. The van der Waals surface area contributed by atoms with E-state index in [1.807, 2.05) is 0 Å². The summed E-state index contributed by atoms with van der Waals surface area (Å²) in [6.07, 6.45) is -2.43. The van der Waals surface area contributed by atoms with E-state index in [1.54, 1.807) is 0 Å².